The Hall–Kier alpha value is -3.04. The second-order valence-corrected chi connectivity index (χ2v) is 9.48. The Bertz CT molecular complexity index is 1130. The molecule has 0 fully saturated rings. The first kappa shape index (κ1) is 22.6. The van der Waals surface area contributed by atoms with Gasteiger partial charge in [-0.1, -0.05) is 61.4 Å². The molecule has 0 saturated heterocycles. The van der Waals surface area contributed by atoms with E-state index in [0.29, 0.717) is 16.4 Å². The normalized spacial score (nSPS) is 11.5. The Balaban J connectivity index is 1.57. The van der Waals surface area contributed by atoms with Crippen LogP contribution in [0.1, 0.15) is 47.1 Å². The highest BCUT2D eigenvalue weighted by Crippen LogP contribution is 2.19. The fraction of sp³-hybridized carbons (Fsp3) is 0.227. The van der Waals surface area contributed by atoms with E-state index >= 15 is 0 Å². The van der Waals surface area contributed by atoms with Gasteiger partial charge in [0, 0.05) is 17.7 Å². The highest BCUT2D eigenvalue weighted by atomic mass is 32.2. The molecular formula is C22H24N4O3S2. The van der Waals surface area contributed by atoms with Gasteiger partial charge in [0.2, 0.25) is 5.13 Å². The third-order valence-corrected chi connectivity index (χ3v) is 6.24. The molecule has 0 aliphatic heterocycles. The Morgan fingerprint density at radius 2 is 1.77 bits per heavy atom. The van der Waals surface area contributed by atoms with Crippen molar-refractivity contribution in [2.24, 2.45) is 0 Å². The number of hydrogen-bond acceptors (Lipinski definition) is 6. The van der Waals surface area contributed by atoms with Crippen LogP contribution in [-0.4, -0.2) is 24.5 Å². The summed E-state index contributed by atoms with van der Waals surface area (Å²) in [4.78, 5) is 12.4. The van der Waals surface area contributed by atoms with Crippen molar-refractivity contribution in [2.45, 2.75) is 32.6 Å². The number of nitrogens with zero attached hydrogens (tertiary/aromatic N) is 2. The predicted octanol–water partition coefficient (Wildman–Crippen LogP) is 4.94. The van der Waals surface area contributed by atoms with Gasteiger partial charge in [-0.25, -0.2) is 8.42 Å². The predicted molar refractivity (Wildman–Crippen MR) is 126 cm³/mol. The molecule has 0 unspecified atom stereocenters. The number of anilines is 2. The van der Waals surface area contributed by atoms with Gasteiger partial charge in [0.05, 0.1) is 5.41 Å². The zero-order chi connectivity index (χ0) is 22.1. The lowest BCUT2D eigenvalue weighted by molar-refractivity contribution is 0.102. The van der Waals surface area contributed by atoms with Crippen molar-refractivity contribution in [3.05, 3.63) is 76.1 Å². The van der Waals surface area contributed by atoms with Gasteiger partial charge in [-0.05, 0) is 42.3 Å². The molecule has 0 bridgehead atoms. The quantitative estimate of drug-likeness (QED) is 0.421. The molecule has 162 valence electrons. The minimum Gasteiger partial charge on any atom is -0.296 e. The van der Waals surface area contributed by atoms with Crippen LogP contribution >= 0.6 is 11.3 Å². The fourth-order valence-corrected chi connectivity index (χ4v) is 4.37. The first-order valence-corrected chi connectivity index (χ1v) is 12.3. The van der Waals surface area contributed by atoms with E-state index in [1.807, 2.05) is 30.3 Å². The molecule has 1 aromatic heterocycles. The van der Waals surface area contributed by atoms with E-state index in [4.69, 9.17) is 0 Å². The molecule has 0 atom stereocenters. The van der Waals surface area contributed by atoms with Gasteiger partial charge in [0.15, 0.2) is 0 Å². The Morgan fingerprint density at radius 3 is 2.48 bits per heavy atom. The van der Waals surface area contributed by atoms with Crippen LogP contribution in [0.25, 0.3) is 6.08 Å². The lowest BCUT2D eigenvalue weighted by Crippen LogP contribution is -2.12. The number of rotatable bonds is 10. The first-order chi connectivity index (χ1) is 14.9. The molecule has 7 nitrogen and oxygen atoms in total. The number of benzene rings is 2. The number of amides is 1. The summed E-state index contributed by atoms with van der Waals surface area (Å²) in [5.74, 6) is -0.324. The maximum Gasteiger partial charge on any atom is 0.257 e. The van der Waals surface area contributed by atoms with Gasteiger partial charge < -0.3 is 0 Å². The van der Waals surface area contributed by atoms with Crippen molar-refractivity contribution in [3.8, 4) is 0 Å². The third kappa shape index (κ3) is 7.30. The maximum atomic E-state index is 12.4. The van der Waals surface area contributed by atoms with Crippen LogP contribution in [0.2, 0.25) is 0 Å². The largest absolute Gasteiger partial charge is 0.296 e. The van der Waals surface area contributed by atoms with Crippen LogP contribution in [0.4, 0.5) is 10.8 Å². The van der Waals surface area contributed by atoms with Crippen molar-refractivity contribution in [2.75, 3.05) is 10.0 Å². The van der Waals surface area contributed by atoms with E-state index in [9.17, 15) is 13.2 Å². The number of sulfonamides is 1. The Kier molecular flexibility index (Phi) is 7.91. The third-order valence-electron chi connectivity index (χ3n) is 4.33. The van der Waals surface area contributed by atoms with Gasteiger partial charge >= 0.3 is 0 Å². The molecule has 0 radical (unpaired) electrons. The molecule has 3 aromatic rings. The van der Waals surface area contributed by atoms with Gasteiger partial charge in [-0.15, -0.1) is 10.2 Å². The minimum absolute atomic E-state index is 0.324. The van der Waals surface area contributed by atoms with Crippen LogP contribution in [-0.2, 0) is 16.4 Å². The van der Waals surface area contributed by atoms with E-state index in [1.54, 1.807) is 24.3 Å². The SMILES string of the molecule is CCCCCc1nnc(NC(=O)c2ccc(NS(=O)(=O)/C=C/c3ccccc3)cc2)s1. The van der Waals surface area contributed by atoms with E-state index in [0.717, 1.165) is 41.7 Å². The molecule has 31 heavy (non-hydrogen) atoms. The van der Waals surface area contributed by atoms with Gasteiger partial charge in [0.25, 0.3) is 15.9 Å². The summed E-state index contributed by atoms with van der Waals surface area (Å²) in [6.07, 6.45) is 5.70. The van der Waals surface area contributed by atoms with E-state index in [1.165, 1.54) is 17.4 Å². The molecule has 1 heterocycles. The molecule has 0 aliphatic rings. The lowest BCUT2D eigenvalue weighted by atomic mass is 10.2. The van der Waals surface area contributed by atoms with E-state index in [-0.39, 0.29) is 5.91 Å². The first-order valence-electron chi connectivity index (χ1n) is 9.95. The van der Waals surface area contributed by atoms with Crippen LogP contribution in [0.3, 0.4) is 0 Å². The number of aromatic nitrogens is 2. The van der Waals surface area contributed by atoms with Crippen LogP contribution < -0.4 is 10.0 Å². The lowest BCUT2D eigenvalue weighted by Gasteiger charge is -2.06. The smallest absolute Gasteiger partial charge is 0.257 e. The summed E-state index contributed by atoms with van der Waals surface area (Å²) >= 11 is 1.37. The van der Waals surface area contributed by atoms with Gasteiger partial charge in [0.1, 0.15) is 5.01 Å². The molecule has 1 amide bonds. The van der Waals surface area contributed by atoms with Crippen LogP contribution in [0.5, 0.6) is 0 Å². The summed E-state index contributed by atoms with van der Waals surface area (Å²) in [5, 5.41) is 13.3. The second-order valence-electron chi connectivity index (χ2n) is 6.85. The molecule has 2 N–H and O–H groups in total. The number of unbranched alkanes of at least 4 members (excludes halogenated alkanes) is 2. The fourth-order valence-electron chi connectivity index (χ4n) is 2.72. The number of nitrogens with one attached hydrogen (secondary N) is 2. The van der Waals surface area contributed by atoms with Crippen molar-refractivity contribution < 1.29 is 13.2 Å². The summed E-state index contributed by atoms with van der Waals surface area (Å²) < 4.78 is 26.9. The number of carbonyl (C=O) groups is 1. The molecular weight excluding hydrogens is 432 g/mol. The molecule has 3 rings (SSSR count). The number of aryl methyl sites for hydroxylation is 1. The van der Waals surface area contributed by atoms with E-state index < -0.39 is 10.0 Å². The molecule has 2 aromatic carbocycles. The maximum absolute atomic E-state index is 12.4. The summed E-state index contributed by atoms with van der Waals surface area (Å²) in [6, 6.07) is 15.3. The molecule has 0 spiro atoms. The molecule has 9 heteroatoms. The van der Waals surface area contributed by atoms with Gasteiger partial charge in [-0.3, -0.25) is 14.8 Å². The Labute approximate surface area is 186 Å². The van der Waals surface area contributed by atoms with Crippen LogP contribution in [0.15, 0.2) is 60.0 Å². The zero-order valence-electron chi connectivity index (χ0n) is 17.1. The van der Waals surface area contributed by atoms with Crippen LogP contribution in [0, 0.1) is 0 Å². The summed E-state index contributed by atoms with van der Waals surface area (Å²) in [7, 11) is -3.67. The van der Waals surface area contributed by atoms with Crippen molar-refractivity contribution >= 4 is 44.2 Å². The second kappa shape index (κ2) is 10.8. The average molecular weight is 457 g/mol. The summed E-state index contributed by atoms with van der Waals surface area (Å²) in [5.41, 5.74) is 1.54. The standard InChI is InChI=1S/C22H24N4O3S2/c1-2-3-5-10-20-24-25-22(30-20)23-21(27)18-11-13-19(14-12-18)26-31(28,29)16-15-17-8-6-4-7-9-17/h4,6-9,11-16,26H,2-3,5,10H2,1H3,(H,23,25,27)/b16-15+. The van der Waals surface area contributed by atoms with Crippen molar-refractivity contribution in [1.29, 1.82) is 0 Å². The highest BCUT2D eigenvalue weighted by molar-refractivity contribution is 7.95. The number of hydrogen-bond donors (Lipinski definition) is 2. The minimum atomic E-state index is -3.67. The Morgan fingerprint density at radius 1 is 1.03 bits per heavy atom. The topological polar surface area (TPSA) is 101 Å². The van der Waals surface area contributed by atoms with E-state index in [2.05, 4.69) is 27.2 Å². The highest BCUT2D eigenvalue weighted by Gasteiger charge is 2.11. The summed E-state index contributed by atoms with van der Waals surface area (Å²) in [6.45, 7) is 2.14. The molecule has 0 saturated carbocycles. The monoisotopic (exact) mass is 456 g/mol. The number of carbonyl (C=O) groups excluding carboxylic acids is 1. The molecule has 0 aliphatic carbocycles. The van der Waals surface area contributed by atoms with Crippen molar-refractivity contribution in [1.82, 2.24) is 10.2 Å². The zero-order valence-corrected chi connectivity index (χ0v) is 18.7. The average Bonchev–Trinajstić information content (AvgIpc) is 3.21. The van der Waals surface area contributed by atoms with Crippen molar-refractivity contribution in [3.63, 3.8) is 0 Å². The van der Waals surface area contributed by atoms with Gasteiger partial charge in [-0.2, -0.15) is 0 Å².